The van der Waals surface area contributed by atoms with Crippen LogP contribution in [0.3, 0.4) is 0 Å². The normalized spacial score (nSPS) is 16.6. The number of aromatic carboxylic acids is 1. The van der Waals surface area contributed by atoms with E-state index in [9.17, 15) is 13.8 Å². The maximum atomic E-state index is 12.2. The molecule has 1 saturated heterocycles. The molecule has 0 atom stereocenters. The molecular formula is C12H13NO4S. The lowest BCUT2D eigenvalue weighted by atomic mass is 10.1. The van der Waals surface area contributed by atoms with E-state index in [4.69, 9.17) is 5.11 Å². The molecule has 1 heterocycles. The first-order chi connectivity index (χ1) is 8.59. The van der Waals surface area contributed by atoms with Crippen molar-refractivity contribution in [1.29, 1.82) is 0 Å². The minimum absolute atomic E-state index is 0.00851. The first-order valence-electron chi connectivity index (χ1n) is 5.56. The molecule has 0 saturated carbocycles. The second-order valence-electron chi connectivity index (χ2n) is 3.99. The van der Waals surface area contributed by atoms with Gasteiger partial charge in [-0.15, -0.1) is 0 Å². The Morgan fingerprint density at radius 1 is 1.11 bits per heavy atom. The molecule has 1 aromatic carbocycles. The minimum Gasteiger partial charge on any atom is -0.478 e. The smallest absolute Gasteiger partial charge is 0.336 e. The molecule has 0 bridgehead atoms. The van der Waals surface area contributed by atoms with Crippen LogP contribution in [-0.4, -0.2) is 50.7 Å². The summed E-state index contributed by atoms with van der Waals surface area (Å²) in [5.41, 5.74) is 0.201. The molecule has 1 aliphatic rings. The number of carbonyl (C=O) groups excluding carboxylic acids is 1. The summed E-state index contributed by atoms with van der Waals surface area (Å²) in [4.78, 5) is 24.8. The molecule has 1 fully saturated rings. The molecule has 0 aromatic heterocycles. The van der Waals surface area contributed by atoms with Gasteiger partial charge in [-0.2, -0.15) is 0 Å². The van der Waals surface area contributed by atoms with Crippen LogP contribution in [0.4, 0.5) is 0 Å². The van der Waals surface area contributed by atoms with Crippen LogP contribution in [-0.2, 0) is 10.8 Å². The fourth-order valence-electron chi connectivity index (χ4n) is 1.87. The molecule has 18 heavy (non-hydrogen) atoms. The predicted molar refractivity (Wildman–Crippen MR) is 67.2 cm³/mol. The Hall–Kier alpha value is -1.69. The zero-order chi connectivity index (χ0) is 13.1. The largest absolute Gasteiger partial charge is 0.478 e. The van der Waals surface area contributed by atoms with E-state index in [0.717, 1.165) is 0 Å². The lowest BCUT2D eigenvalue weighted by Crippen LogP contribution is -2.42. The van der Waals surface area contributed by atoms with E-state index in [1.54, 1.807) is 17.0 Å². The third-order valence-electron chi connectivity index (χ3n) is 2.85. The van der Waals surface area contributed by atoms with Crippen molar-refractivity contribution in [2.24, 2.45) is 0 Å². The number of nitrogens with zero attached hydrogens (tertiary/aromatic N) is 1. The highest BCUT2D eigenvalue weighted by Gasteiger charge is 2.24. The van der Waals surface area contributed by atoms with Crippen molar-refractivity contribution in [3.05, 3.63) is 35.4 Å². The molecule has 0 radical (unpaired) electrons. The lowest BCUT2D eigenvalue weighted by Gasteiger charge is -2.26. The summed E-state index contributed by atoms with van der Waals surface area (Å²) in [5.74, 6) is -0.494. The second-order valence-corrected chi connectivity index (χ2v) is 5.69. The summed E-state index contributed by atoms with van der Waals surface area (Å²) in [6.45, 7) is 0.832. The monoisotopic (exact) mass is 267 g/mol. The topological polar surface area (TPSA) is 74.7 Å². The number of carboxylic acid groups (broad SMARTS) is 1. The summed E-state index contributed by atoms with van der Waals surface area (Å²) < 4.78 is 11.2. The van der Waals surface area contributed by atoms with Gasteiger partial charge in [0.15, 0.2) is 0 Å². The Kier molecular flexibility index (Phi) is 3.76. The summed E-state index contributed by atoms with van der Waals surface area (Å²) >= 11 is 0. The molecule has 5 nitrogen and oxygen atoms in total. The minimum atomic E-state index is -1.11. The quantitative estimate of drug-likeness (QED) is 0.851. The SMILES string of the molecule is O=C(O)c1ccccc1C(=O)N1CCS(=O)CC1. The van der Waals surface area contributed by atoms with Crippen LogP contribution >= 0.6 is 0 Å². The average molecular weight is 267 g/mol. The highest BCUT2D eigenvalue weighted by atomic mass is 32.2. The van der Waals surface area contributed by atoms with Crippen LogP contribution in [0.5, 0.6) is 0 Å². The molecule has 0 spiro atoms. The Balaban J connectivity index is 2.23. The van der Waals surface area contributed by atoms with Crippen molar-refractivity contribution >= 4 is 22.7 Å². The van der Waals surface area contributed by atoms with Gasteiger partial charge >= 0.3 is 5.97 Å². The second kappa shape index (κ2) is 5.30. The number of amides is 1. The highest BCUT2D eigenvalue weighted by molar-refractivity contribution is 7.85. The molecule has 2 rings (SSSR count). The van der Waals surface area contributed by atoms with Gasteiger partial charge in [-0.25, -0.2) is 4.79 Å². The first-order valence-corrected chi connectivity index (χ1v) is 7.05. The van der Waals surface area contributed by atoms with E-state index >= 15 is 0 Å². The van der Waals surface area contributed by atoms with Gasteiger partial charge in [-0.05, 0) is 12.1 Å². The highest BCUT2D eigenvalue weighted by Crippen LogP contribution is 2.13. The van der Waals surface area contributed by atoms with Crippen molar-refractivity contribution in [2.45, 2.75) is 0 Å². The van der Waals surface area contributed by atoms with Gasteiger partial charge in [0, 0.05) is 35.4 Å². The number of benzene rings is 1. The average Bonchev–Trinajstić information content (AvgIpc) is 2.39. The molecule has 96 valence electrons. The van der Waals surface area contributed by atoms with Gasteiger partial charge in [0.05, 0.1) is 11.1 Å². The number of carboxylic acids is 1. The van der Waals surface area contributed by atoms with Gasteiger partial charge < -0.3 is 10.0 Å². The first kappa shape index (κ1) is 12.8. The molecule has 1 N–H and O–H groups in total. The third-order valence-corrected chi connectivity index (χ3v) is 4.13. The number of hydrogen-bond acceptors (Lipinski definition) is 3. The van der Waals surface area contributed by atoms with Gasteiger partial charge in [-0.3, -0.25) is 9.00 Å². The van der Waals surface area contributed by atoms with E-state index in [0.29, 0.717) is 24.6 Å². The number of carbonyl (C=O) groups is 2. The summed E-state index contributed by atoms with van der Waals surface area (Å²) in [5, 5.41) is 9.04. The number of rotatable bonds is 2. The molecule has 1 aromatic rings. The zero-order valence-electron chi connectivity index (χ0n) is 9.67. The van der Waals surface area contributed by atoms with E-state index < -0.39 is 16.8 Å². The third kappa shape index (κ3) is 2.59. The van der Waals surface area contributed by atoms with Crippen molar-refractivity contribution < 1.29 is 18.9 Å². The lowest BCUT2D eigenvalue weighted by molar-refractivity contribution is 0.0678. The Morgan fingerprint density at radius 2 is 1.67 bits per heavy atom. The molecule has 6 heteroatoms. The molecular weight excluding hydrogens is 254 g/mol. The fourth-order valence-corrected chi connectivity index (χ4v) is 2.92. The van der Waals surface area contributed by atoms with Crippen molar-refractivity contribution in [3.8, 4) is 0 Å². The maximum Gasteiger partial charge on any atom is 0.336 e. The summed E-state index contributed by atoms with van der Waals surface area (Å²) in [6, 6.07) is 6.16. The Morgan fingerprint density at radius 3 is 2.22 bits per heavy atom. The zero-order valence-corrected chi connectivity index (χ0v) is 10.5. The predicted octanol–water partition coefficient (Wildman–Crippen LogP) is 0.589. The Labute approximate surface area is 107 Å². The van der Waals surface area contributed by atoms with Crippen LogP contribution in [0.1, 0.15) is 20.7 Å². The fraction of sp³-hybridized carbons (Fsp3) is 0.333. The maximum absolute atomic E-state index is 12.2. The van der Waals surface area contributed by atoms with E-state index in [-0.39, 0.29) is 17.0 Å². The van der Waals surface area contributed by atoms with E-state index in [1.807, 2.05) is 0 Å². The summed E-state index contributed by atoms with van der Waals surface area (Å²) in [6.07, 6.45) is 0. The van der Waals surface area contributed by atoms with E-state index in [1.165, 1.54) is 12.1 Å². The van der Waals surface area contributed by atoms with Gasteiger partial charge in [0.1, 0.15) is 0 Å². The standard InChI is InChI=1S/C12H13NO4S/c14-11(13-5-7-18(17)8-6-13)9-3-1-2-4-10(9)12(15)16/h1-4H,5-8H2,(H,15,16). The van der Waals surface area contributed by atoms with Crippen LogP contribution < -0.4 is 0 Å². The summed E-state index contributed by atoms with van der Waals surface area (Å²) in [7, 11) is -0.858. The van der Waals surface area contributed by atoms with Crippen LogP contribution in [0.15, 0.2) is 24.3 Å². The molecule has 1 amide bonds. The molecule has 0 aliphatic carbocycles. The van der Waals surface area contributed by atoms with E-state index in [2.05, 4.69) is 0 Å². The van der Waals surface area contributed by atoms with Crippen molar-refractivity contribution in [1.82, 2.24) is 4.90 Å². The van der Waals surface area contributed by atoms with Crippen LogP contribution in [0.2, 0.25) is 0 Å². The van der Waals surface area contributed by atoms with Crippen molar-refractivity contribution in [2.75, 3.05) is 24.6 Å². The van der Waals surface area contributed by atoms with Gasteiger partial charge in [0.2, 0.25) is 0 Å². The number of hydrogen-bond donors (Lipinski definition) is 1. The van der Waals surface area contributed by atoms with Gasteiger partial charge in [0.25, 0.3) is 5.91 Å². The van der Waals surface area contributed by atoms with Gasteiger partial charge in [-0.1, -0.05) is 12.1 Å². The Bertz CT molecular complexity index is 505. The van der Waals surface area contributed by atoms with Crippen LogP contribution in [0.25, 0.3) is 0 Å². The molecule has 0 unspecified atom stereocenters. The molecule has 1 aliphatic heterocycles. The van der Waals surface area contributed by atoms with Crippen LogP contribution in [0, 0.1) is 0 Å². The van der Waals surface area contributed by atoms with Crippen molar-refractivity contribution in [3.63, 3.8) is 0 Å².